The molecule has 0 rings (SSSR count). The molecule has 0 aliphatic carbocycles. The van der Waals surface area contributed by atoms with Gasteiger partial charge >= 0.3 is 0 Å². The lowest BCUT2D eigenvalue weighted by molar-refractivity contribution is 1.73. The van der Waals surface area contributed by atoms with E-state index in [1.165, 1.54) is 0 Å². The third kappa shape index (κ3) is 7.80. The van der Waals surface area contributed by atoms with Gasteiger partial charge in [0.25, 0.3) is 0 Å². The van der Waals surface area contributed by atoms with Crippen LogP contribution < -0.4 is 0 Å². The van der Waals surface area contributed by atoms with Crippen molar-refractivity contribution in [2.45, 2.75) is 6.92 Å². The molecule has 0 amide bonds. The molecule has 0 bridgehead atoms. The molecule has 9 heavy (non-hydrogen) atoms. The molecule has 0 saturated carbocycles. The lowest BCUT2D eigenvalue weighted by Gasteiger charge is -1.74. The van der Waals surface area contributed by atoms with Crippen LogP contribution in [0, 0.1) is 0 Å². The molecule has 0 aliphatic rings. The quantitative estimate of drug-likeness (QED) is 0.547. The first kappa shape index (κ1) is 8.80. The molecule has 0 spiro atoms. The van der Waals surface area contributed by atoms with Crippen molar-refractivity contribution in [3.63, 3.8) is 0 Å². The highest BCUT2D eigenvalue weighted by Gasteiger charge is 1.73. The van der Waals surface area contributed by atoms with Crippen molar-refractivity contribution < 1.29 is 0 Å². The fourth-order valence-electron chi connectivity index (χ4n) is 0.304. The Labute approximate surface area is 65.5 Å². The second-order valence-electron chi connectivity index (χ2n) is 1.37. The van der Waals surface area contributed by atoms with E-state index in [0.29, 0.717) is 0 Å². The summed E-state index contributed by atoms with van der Waals surface area (Å²) >= 11 is 10.6. The van der Waals surface area contributed by atoms with Crippen LogP contribution in [0.2, 0.25) is 0 Å². The molecule has 0 nitrogen and oxygen atoms in total. The van der Waals surface area contributed by atoms with Crippen LogP contribution >= 0.6 is 23.2 Å². The Morgan fingerprint density at radius 2 is 1.78 bits per heavy atom. The predicted molar refractivity (Wildman–Crippen MR) is 43.7 cm³/mol. The van der Waals surface area contributed by atoms with Crippen LogP contribution in [0.15, 0.2) is 34.9 Å². The van der Waals surface area contributed by atoms with Gasteiger partial charge in [0.15, 0.2) is 0 Å². The normalized spacial score (nSPS) is 11.0. The zero-order valence-corrected chi connectivity index (χ0v) is 6.65. The van der Waals surface area contributed by atoms with Gasteiger partial charge in [0.2, 0.25) is 0 Å². The average molecular weight is 163 g/mol. The Morgan fingerprint density at radius 3 is 2.22 bits per heavy atom. The summed E-state index contributed by atoms with van der Waals surface area (Å²) in [6, 6.07) is 0. The molecule has 0 aromatic carbocycles. The van der Waals surface area contributed by atoms with Crippen LogP contribution in [0.4, 0.5) is 0 Å². The molecule has 0 aromatic heterocycles. The van der Waals surface area contributed by atoms with E-state index in [-0.39, 0.29) is 4.49 Å². The highest BCUT2D eigenvalue weighted by molar-refractivity contribution is 6.55. The standard InChI is InChI=1S/C7H8Cl2/c1-2-3-4-5-6-7(8)9/h2-6H,1H3. The van der Waals surface area contributed by atoms with Gasteiger partial charge in [0.1, 0.15) is 4.49 Å². The first-order valence-electron chi connectivity index (χ1n) is 2.58. The summed E-state index contributed by atoms with van der Waals surface area (Å²) in [4.78, 5) is 0. The number of halogens is 2. The Bertz CT molecular complexity index is 139. The lowest BCUT2D eigenvalue weighted by Crippen LogP contribution is -1.50. The van der Waals surface area contributed by atoms with Crippen molar-refractivity contribution in [1.29, 1.82) is 0 Å². The third-order valence-electron chi connectivity index (χ3n) is 0.637. The fourth-order valence-corrected chi connectivity index (χ4v) is 0.449. The zero-order valence-electron chi connectivity index (χ0n) is 5.14. The van der Waals surface area contributed by atoms with E-state index in [2.05, 4.69) is 0 Å². The van der Waals surface area contributed by atoms with E-state index in [1.54, 1.807) is 12.2 Å². The Balaban J connectivity index is 3.60. The molecule has 0 aromatic rings. The number of hydrogen-bond donors (Lipinski definition) is 0. The maximum atomic E-state index is 5.31. The van der Waals surface area contributed by atoms with Crippen LogP contribution in [-0.2, 0) is 0 Å². The lowest BCUT2D eigenvalue weighted by atomic mass is 10.4. The van der Waals surface area contributed by atoms with E-state index < -0.39 is 0 Å². The summed E-state index contributed by atoms with van der Waals surface area (Å²) in [5, 5.41) is 0. The van der Waals surface area contributed by atoms with Crippen molar-refractivity contribution in [2.24, 2.45) is 0 Å². The average Bonchev–Trinajstić information content (AvgIpc) is 1.80. The highest BCUT2D eigenvalue weighted by Crippen LogP contribution is 2.05. The second kappa shape index (κ2) is 5.93. The van der Waals surface area contributed by atoms with Crippen LogP contribution in [-0.4, -0.2) is 0 Å². The molecule has 0 heterocycles. The largest absolute Gasteiger partial charge is 0.106 e. The van der Waals surface area contributed by atoms with E-state index in [0.717, 1.165) is 0 Å². The molecule has 0 saturated heterocycles. The maximum absolute atomic E-state index is 5.31. The predicted octanol–water partition coefficient (Wildman–Crippen LogP) is 3.44. The molecule has 0 N–H and O–H groups in total. The van der Waals surface area contributed by atoms with Gasteiger partial charge in [-0.05, 0) is 13.0 Å². The van der Waals surface area contributed by atoms with Crippen LogP contribution in [0.25, 0.3) is 0 Å². The summed E-state index contributed by atoms with van der Waals surface area (Å²) in [5.74, 6) is 0. The van der Waals surface area contributed by atoms with Gasteiger partial charge in [0, 0.05) is 0 Å². The number of rotatable bonds is 2. The van der Waals surface area contributed by atoms with Gasteiger partial charge in [-0.2, -0.15) is 0 Å². The fraction of sp³-hybridized carbons (Fsp3) is 0.143. The highest BCUT2D eigenvalue weighted by atomic mass is 35.5. The monoisotopic (exact) mass is 162 g/mol. The maximum Gasteiger partial charge on any atom is 0.106 e. The molecule has 0 unspecified atom stereocenters. The SMILES string of the molecule is CC=CC=CC=C(Cl)Cl. The number of allylic oxidation sites excluding steroid dienone is 5. The van der Waals surface area contributed by atoms with Crippen molar-refractivity contribution in [3.8, 4) is 0 Å². The topological polar surface area (TPSA) is 0 Å². The first-order chi connectivity index (χ1) is 4.27. The van der Waals surface area contributed by atoms with Crippen molar-refractivity contribution in [2.75, 3.05) is 0 Å². The van der Waals surface area contributed by atoms with Crippen molar-refractivity contribution >= 4 is 23.2 Å². The third-order valence-corrected chi connectivity index (χ3v) is 0.889. The summed E-state index contributed by atoms with van der Waals surface area (Å²) in [5.41, 5.74) is 0. The minimum atomic E-state index is 0.274. The Kier molecular flexibility index (Phi) is 5.80. The molecular weight excluding hydrogens is 155 g/mol. The molecule has 0 radical (unpaired) electrons. The summed E-state index contributed by atoms with van der Waals surface area (Å²) in [7, 11) is 0. The summed E-state index contributed by atoms with van der Waals surface area (Å²) in [6.45, 7) is 1.94. The van der Waals surface area contributed by atoms with Crippen molar-refractivity contribution in [1.82, 2.24) is 0 Å². The molecule has 0 fully saturated rings. The minimum Gasteiger partial charge on any atom is -0.0877 e. The van der Waals surface area contributed by atoms with Crippen LogP contribution in [0.1, 0.15) is 6.92 Å². The molecule has 2 heteroatoms. The van der Waals surface area contributed by atoms with Gasteiger partial charge in [-0.15, -0.1) is 0 Å². The molecule has 0 aliphatic heterocycles. The van der Waals surface area contributed by atoms with Crippen molar-refractivity contribution in [3.05, 3.63) is 34.9 Å². The Hall–Kier alpha value is -0.200. The summed E-state index contributed by atoms with van der Waals surface area (Å²) < 4.78 is 0.274. The van der Waals surface area contributed by atoms with Crippen LogP contribution in [0.5, 0.6) is 0 Å². The van der Waals surface area contributed by atoms with E-state index in [4.69, 9.17) is 23.2 Å². The van der Waals surface area contributed by atoms with E-state index >= 15 is 0 Å². The van der Waals surface area contributed by atoms with E-state index in [1.807, 2.05) is 25.2 Å². The Morgan fingerprint density at radius 1 is 1.11 bits per heavy atom. The van der Waals surface area contributed by atoms with Gasteiger partial charge in [0.05, 0.1) is 0 Å². The van der Waals surface area contributed by atoms with Gasteiger partial charge in [-0.3, -0.25) is 0 Å². The van der Waals surface area contributed by atoms with Crippen LogP contribution in [0.3, 0.4) is 0 Å². The molecule has 50 valence electrons. The van der Waals surface area contributed by atoms with E-state index in [9.17, 15) is 0 Å². The van der Waals surface area contributed by atoms with Gasteiger partial charge in [-0.1, -0.05) is 47.5 Å². The minimum absolute atomic E-state index is 0.274. The number of hydrogen-bond acceptors (Lipinski definition) is 0. The van der Waals surface area contributed by atoms with Gasteiger partial charge in [-0.25, -0.2) is 0 Å². The second-order valence-corrected chi connectivity index (χ2v) is 2.37. The molecule has 0 atom stereocenters. The smallest absolute Gasteiger partial charge is 0.0877 e. The molecular formula is C7H8Cl2. The first-order valence-corrected chi connectivity index (χ1v) is 3.33. The summed E-state index contributed by atoms with van der Waals surface area (Å²) in [6.07, 6.45) is 9.06. The van der Waals surface area contributed by atoms with Gasteiger partial charge < -0.3 is 0 Å². The zero-order chi connectivity index (χ0) is 7.11.